The largest absolute Gasteiger partial charge is 0.438 e. The molecule has 3 aromatic rings. The monoisotopic (exact) mass is 396 g/mol. The van der Waals surface area contributed by atoms with E-state index in [1.165, 1.54) is 35.7 Å². The molecule has 2 aromatic heterocycles. The number of hydrogen-bond donors (Lipinski definition) is 1. The predicted molar refractivity (Wildman–Crippen MR) is 112 cm³/mol. The number of quaternary nitrogens is 1. The summed E-state index contributed by atoms with van der Waals surface area (Å²) in [7, 11) is 0. The van der Waals surface area contributed by atoms with Crippen molar-refractivity contribution in [3.63, 3.8) is 0 Å². The van der Waals surface area contributed by atoms with Crippen molar-refractivity contribution in [3.8, 4) is 11.6 Å². The van der Waals surface area contributed by atoms with Gasteiger partial charge in [0.2, 0.25) is 5.88 Å². The second-order valence-corrected chi connectivity index (χ2v) is 9.01. The highest BCUT2D eigenvalue weighted by Gasteiger charge is 2.22. The van der Waals surface area contributed by atoms with Crippen LogP contribution in [0.4, 0.5) is 0 Å². The molecule has 1 N–H and O–H groups in total. The Morgan fingerprint density at radius 1 is 1.25 bits per heavy atom. The molecule has 0 atom stereocenters. The van der Waals surface area contributed by atoms with E-state index < -0.39 is 0 Å². The lowest BCUT2D eigenvalue weighted by Gasteiger charge is -2.26. The first-order valence-corrected chi connectivity index (χ1v) is 10.7. The number of nitrogens with zero attached hydrogens (tertiary/aromatic N) is 2. The molecule has 1 aromatic carbocycles. The molecule has 0 unspecified atom stereocenters. The van der Waals surface area contributed by atoms with Crippen LogP contribution in [0.25, 0.3) is 10.2 Å². The topological polar surface area (TPSA) is 56.5 Å². The summed E-state index contributed by atoms with van der Waals surface area (Å²) >= 11 is 1.69. The molecule has 3 heterocycles. The molecule has 1 aliphatic heterocycles. The molecule has 6 heteroatoms. The molecule has 146 valence electrons. The maximum atomic E-state index is 11.1. The summed E-state index contributed by atoms with van der Waals surface area (Å²) in [5.41, 5.74) is 1.75. The van der Waals surface area contributed by atoms with Gasteiger partial charge in [-0.1, -0.05) is 19.1 Å². The van der Waals surface area contributed by atoms with Gasteiger partial charge in [-0.05, 0) is 50.3 Å². The molecule has 0 aliphatic carbocycles. The van der Waals surface area contributed by atoms with Gasteiger partial charge in [0, 0.05) is 10.4 Å². The molecule has 0 bridgehead atoms. The number of benzene rings is 1. The molecular formula is C22H26N3O2S+. The van der Waals surface area contributed by atoms with Gasteiger partial charge in [-0.2, -0.15) is 4.98 Å². The van der Waals surface area contributed by atoms with E-state index in [-0.39, 0.29) is 0 Å². The Balaban J connectivity index is 1.69. The molecule has 4 rings (SSSR count). The Bertz CT molecular complexity index is 1010. The van der Waals surface area contributed by atoms with Gasteiger partial charge in [-0.3, -0.25) is 4.79 Å². The summed E-state index contributed by atoms with van der Waals surface area (Å²) in [6, 6.07) is 7.18. The Hall–Kier alpha value is -2.31. The van der Waals surface area contributed by atoms with Crippen LogP contribution in [0, 0.1) is 19.8 Å². The van der Waals surface area contributed by atoms with Crippen LogP contribution < -0.4 is 9.64 Å². The van der Waals surface area contributed by atoms with Crippen LogP contribution in [0.1, 0.15) is 46.4 Å². The zero-order valence-electron chi connectivity index (χ0n) is 16.6. The Morgan fingerprint density at radius 3 is 2.79 bits per heavy atom. The summed E-state index contributed by atoms with van der Waals surface area (Å²) in [5.74, 6) is 2.87. The quantitative estimate of drug-likeness (QED) is 0.668. The molecular weight excluding hydrogens is 370 g/mol. The van der Waals surface area contributed by atoms with E-state index in [4.69, 9.17) is 14.7 Å². The number of hydrogen-bond acceptors (Lipinski definition) is 5. The van der Waals surface area contributed by atoms with Crippen LogP contribution in [-0.4, -0.2) is 29.3 Å². The van der Waals surface area contributed by atoms with Crippen LogP contribution in [0.5, 0.6) is 11.6 Å². The average molecular weight is 397 g/mol. The number of aryl methyl sites for hydroxylation is 2. The number of rotatable bonds is 5. The van der Waals surface area contributed by atoms with Gasteiger partial charge in [0.1, 0.15) is 23.4 Å². The summed E-state index contributed by atoms with van der Waals surface area (Å²) in [4.78, 5) is 24.5. The van der Waals surface area contributed by atoms with E-state index in [1.54, 1.807) is 23.5 Å². The molecule has 0 radical (unpaired) electrons. The minimum atomic E-state index is 0.591. The summed E-state index contributed by atoms with van der Waals surface area (Å²) < 4.78 is 6.16. The number of carbonyl (C=O) groups is 1. The number of ether oxygens (including phenoxy) is 1. The fraction of sp³-hybridized carbons (Fsp3) is 0.409. The van der Waals surface area contributed by atoms with Crippen molar-refractivity contribution < 1.29 is 14.4 Å². The summed E-state index contributed by atoms with van der Waals surface area (Å²) in [5, 5.41) is 0.977. The van der Waals surface area contributed by atoms with Gasteiger partial charge in [-0.15, -0.1) is 11.3 Å². The van der Waals surface area contributed by atoms with E-state index in [1.807, 2.05) is 12.1 Å². The van der Waals surface area contributed by atoms with Gasteiger partial charge in [0.15, 0.2) is 5.82 Å². The van der Waals surface area contributed by atoms with E-state index in [9.17, 15) is 4.79 Å². The SMILES string of the molecule is Cc1sc2nc(C[NH+]3CCC(C)CC3)nc(Oc3cccc(C=O)c3)c2c1C. The molecule has 1 aliphatic rings. The predicted octanol–water partition coefficient (Wildman–Crippen LogP) is 3.73. The van der Waals surface area contributed by atoms with Crippen LogP contribution >= 0.6 is 11.3 Å². The average Bonchev–Trinajstić information content (AvgIpc) is 2.98. The highest BCUT2D eigenvalue weighted by molar-refractivity contribution is 7.18. The van der Waals surface area contributed by atoms with Gasteiger partial charge in [0.05, 0.1) is 18.5 Å². The first-order chi connectivity index (χ1) is 13.5. The molecule has 1 saturated heterocycles. The van der Waals surface area contributed by atoms with Crippen molar-refractivity contribution in [2.24, 2.45) is 5.92 Å². The minimum absolute atomic E-state index is 0.591. The number of fused-ring (bicyclic) bond motifs is 1. The van der Waals surface area contributed by atoms with E-state index in [0.29, 0.717) is 17.2 Å². The lowest BCUT2D eigenvalue weighted by molar-refractivity contribution is -0.920. The van der Waals surface area contributed by atoms with E-state index >= 15 is 0 Å². The molecule has 0 saturated carbocycles. The number of piperidine rings is 1. The highest BCUT2D eigenvalue weighted by atomic mass is 32.1. The Kier molecular flexibility index (Phi) is 5.42. The zero-order chi connectivity index (χ0) is 19.7. The van der Waals surface area contributed by atoms with Crippen LogP contribution in [0.15, 0.2) is 24.3 Å². The van der Waals surface area contributed by atoms with Gasteiger partial charge in [-0.25, -0.2) is 4.98 Å². The molecule has 0 amide bonds. The normalized spacial score (nSPS) is 19.7. The molecule has 0 spiro atoms. The fourth-order valence-electron chi connectivity index (χ4n) is 3.74. The van der Waals surface area contributed by atoms with Gasteiger partial charge < -0.3 is 9.64 Å². The van der Waals surface area contributed by atoms with Crippen molar-refractivity contribution >= 4 is 27.8 Å². The number of thiophene rings is 1. The van der Waals surface area contributed by atoms with Crippen LogP contribution in [0.2, 0.25) is 0 Å². The van der Waals surface area contributed by atoms with Gasteiger partial charge >= 0.3 is 0 Å². The molecule has 5 nitrogen and oxygen atoms in total. The number of carbonyl (C=O) groups excluding carboxylic acids is 1. The lowest BCUT2D eigenvalue weighted by atomic mass is 9.99. The van der Waals surface area contributed by atoms with Crippen molar-refractivity contribution in [2.45, 2.75) is 40.2 Å². The zero-order valence-corrected chi connectivity index (χ0v) is 17.4. The van der Waals surface area contributed by atoms with Crippen molar-refractivity contribution in [2.75, 3.05) is 13.1 Å². The third-order valence-electron chi connectivity index (χ3n) is 5.64. The number of aldehydes is 1. The maximum Gasteiger partial charge on any atom is 0.231 e. The first kappa shape index (κ1) is 19.0. The first-order valence-electron chi connectivity index (χ1n) is 9.86. The van der Waals surface area contributed by atoms with Crippen molar-refractivity contribution in [1.82, 2.24) is 9.97 Å². The maximum absolute atomic E-state index is 11.1. The standard InChI is InChI=1S/C22H25N3O2S/c1-14-7-9-25(10-8-14)12-19-23-21(20-15(2)16(3)28-22(20)24-19)27-18-6-4-5-17(11-18)13-26/h4-6,11,13-14H,7-10,12H2,1-3H3/p+1. The van der Waals surface area contributed by atoms with E-state index in [2.05, 4.69) is 20.8 Å². The number of likely N-dealkylation sites (tertiary alicyclic amines) is 1. The van der Waals surface area contributed by atoms with Gasteiger partial charge in [0.25, 0.3) is 0 Å². The summed E-state index contributed by atoms with van der Waals surface area (Å²) in [6.07, 6.45) is 3.35. The molecule has 28 heavy (non-hydrogen) atoms. The second kappa shape index (κ2) is 7.97. The minimum Gasteiger partial charge on any atom is -0.438 e. The smallest absolute Gasteiger partial charge is 0.231 e. The van der Waals surface area contributed by atoms with Crippen molar-refractivity contribution in [3.05, 3.63) is 46.1 Å². The van der Waals surface area contributed by atoms with Crippen molar-refractivity contribution in [1.29, 1.82) is 0 Å². The second-order valence-electron chi connectivity index (χ2n) is 7.81. The summed E-state index contributed by atoms with van der Waals surface area (Å²) in [6.45, 7) is 9.68. The molecule has 1 fully saturated rings. The van der Waals surface area contributed by atoms with E-state index in [0.717, 1.165) is 40.4 Å². The Morgan fingerprint density at radius 2 is 2.04 bits per heavy atom. The third-order valence-corrected chi connectivity index (χ3v) is 6.74. The lowest BCUT2D eigenvalue weighted by Crippen LogP contribution is -3.11. The number of aromatic nitrogens is 2. The number of nitrogens with one attached hydrogen (secondary N) is 1. The third kappa shape index (κ3) is 3.93. The highest BCUT2D eigenvalue weighted by Crippen LogP contribution is 2.36. The fourth-order valence-corrected chi connectivity index (χ4v) is 4.78. The Labute approximate surface area is 169 Å². The van der Waals surface area contributed by atoms with Crippen LogP contribution in [0.3, 0.4) is 0 Å². The van der Waals surface area contributed by atoms with Crippen LogP contribution in [-0.2, 0) is 6.54 Å².